The molecule has 0 saturated heterocycles. The lowest BCUT2D eigenvalue weighted by atomic mass is 10.0. The molecule has 1 aliphatic rings. The highest BCUT2D eigenvalue weighted by Crippen LogP contribution is 2.27. The minimum absolute atomic E-state index is 0.131. The first-order valence-corrected chi connectivity index (χ1v) is 7.67. The summed E-state index contributed by atoms with van der Waals surface area (Å²) in [6.45, 7) is 1.17. The van der Waals surface area contributed by atoms with Crippen LogP contribution < -0.4 is 5.32 Å². The van der Waals surface area contributed by atoms with E-state index >= 15 is 0 Å². The van der Waals surface area contributed by atoms with Crippen LogP contribution in [0.1, 0.15) is 26.3 Å². The minimum atomic E-state index is -0.754. The number of ether oxygens (including phenoxy) is 1. The van der Waals surface area contributed by atoms with E-state index in [-0.39, 0.29) is 22.7 Å². The second kappa shape index (κ2) is 6.98. The zero-order chi connectivity index (χ0) is 18.0. The molecule has 2 amide bonds. The van der Waals surface area contributed by atoms with Crippen molar-refractivity contribution in [3.63, 3.8) is 0 Å². The van der Waals surface area contributed by atoms with Crippen LogP contribution in [0, 0.1) is 11.6 Å². The number of methoxy groups -OCH3 is 1. The zero-order valence-electron chi connectivity index (χ0n) is 13.5. The largest absolute Gasteiger partial charge is 0.383 e. The molecule has 2 aromatic carbocycles. The lowest BCUT2D eigenvalue weighted by molar-refractivity contribution is 0.0716. The van der Waals surface area contributed by atoms with Gasteiger partial charge in [-0.2, -0.15) is 0 Å². The lowest BCUT2D eigenvalue weighted by Gasteiger charge is -2.14. The summed E-state index contributed by atoms with van der Waals surface area (Å²) >= 11 is 0. The third kappa shape index (κ3) is 3.36. The van der Waals surface area contributed by atoms with E-state index in [1.54, 1.807) is 24.1 Å². The van der Waals surface area contributed by atoms with Crippen LogP contribution >= 0.6 is 0 Å². The number of hydrogen-bond acceptors (Lipinski definition) is 3. The Bertz CT molecular complexity index is 839. The molecule has 0 aliphatic carbocycles. The summed E-state index contributed by atoms with van der Waals surface area (Å²) < 4.78 is 32.0. The van der Waals surface area contributed by atoms with Crippen molar-refractivity contribution in [3.8, 4) is 0 Å². The minimum Gasteiger partial charge on any atom is -0.383 e. The number of hydrogen-bond donors (Lipinski definition) is 1. The van der Waals surface area contributed by atoms with Gasteiger partial charge in [0.25, 0.3) is 11.8 Å². The Morgan fingerprint density at radius 2 is 2.08 bits per heavy atom. The van der Waals surface area contributed by atoms with Gasteiger partial charge in [0.15, 0.2) is 0 Å². The Kier molecular flexibility index (Phi) is 4.76. The quantitative estimate of drug-likeness (QED) is 0.906. The topological polar surface area (TPSA) is 58.6 Å². The molecular weight excluding hydrogens is 330 g/mol. The van der Waals surface area contributed by atoms with Crippen LogP contribution in [0.4, 0.5) is 14.5 Å². The molecule has 0 bridgehead atoms. The summed E-state index contributed by atoms with van der Waals surface area (Å²) in [5.41, 5.74) is 0.858. The van der Waals surface area contributed by atoms with Crippen LogP contribution in [0.15, 0.2) is 36.4 Å². The van der Waals surface area contributed by atoms with E-state index in [4.69, 9.17) is 4.74 Å². The van der Waals surface area contributed by atoms with E-state index < -0.39 is 17.5 Å². The number of amides is 2. The number of nitrogens with zero attached hydrogens (tertiary/aromatic N) is 1. The number of anilines is 1. The third-order valence-corrected chi connectivity index (χ3v) is 4.00. The maximum absolute atomic E-state index is 13.7. The molecule has 0 aromatic heterocycles. The normalized spacial score (nSPS) is 13.1. The standard InChI is InChI=1S/C18H16F2N2O3/c1-25-8-7-22-10-11-3-2-4-13(16(11)18(22)24)17(23)21-15-9-12(19)5-6-14(15)20/h2-6,9H,7-8,10H2,1H3,(H,21,23). The Morgan fingerprint density at radius 1 is 1.28 bits per heavy atom. The molecule has 3 rings (SSSR count). The van der Waals surface area contributed by atoms with Crippen LogP contribution in [0.25, 0.3) is 0 Å². The second-order valence-electron chi connectivity index (χ2n) is 5.64. The van der Waals surface area contributed by atoms with Crippen molar-refractivity contribution in [1.29, 1.82) is 0 Å². The van der Waals surface area contributed by atoms with Crippen LogP contribution in [0.5, 0.6) is 0 Å². The molecule has 0 unspecified atom stereocenters. The Labute approximate surface area is 143 Å². The lowest BCUT2D eigenvalue weighted by Crippen LogP contribution is -2.28. The Balaban J connectivity index is 1.88. The SMILES string of the molecule is COCCN1Cc2cccc(C(=O)Nc3cc(F)ccc3F)c2C1=O. The van der Waals surface area contributed by atoms with Crippen molar-refractivity contribution in [2.45, 2.75) is 6.54 Å². The van der Waals surface area contributed by atoms with Crippen molar-refractivity contribution in [2.75, 3.05) is 25.6 Å². The van der Waals surface area contributed by atoms with Gasteiger partial charge in [0.05, 0.1) is 23.4 Å². The van der Waals surface area contributed by atoms with Crippen molar-refractivity contribution in [2.24, 2.45) is 0 Å². The summed E-state index contributed by atoms with van der Waals surface area (Å²) in [6.07, 6.45) is 0. The van der Waals surface area contributed by atoms with E-state index in [0.717, 1.165) is 18.2 Å². The molecule has 5 nitrogen and oxygen atoms in total. The van der Waals surface area contributed by atoms with Gasteiger partial charge < -0.3 is 15.0 Å². The molecular formula is C18H16F2N2O3. The van der Waals surface area contributed by atoms with Crippen molar-refractivity contribution in [1.82, 2.24) is 4.90 Å². The summed E-state index contributed by atoms with van der Waals surface area (Å²) in [6, 6.07) is 7.69. The highest BCUT2D eigenvalue weighted by Gasteiger charge is 2.31. The summed E-state index contributed by atoms with van der Waals surface area (Å²) in [4.78, 5) is 26.6. The number of halogens is 2. The molecule has 0 spiro atoms. The average Bonchev–Trinajstić information content (AvgIpc) is 2.92. The monoisotopic (exact) mass is 346 g/mol. The smallest absolute Gasteiger partial charge is 0.256 e. The van der Waals surface area contributed by atoms with Gasteiger partial charge in [-0.3, -0.25) is 9.59 Å². The fraction of sp³-hybridized carbons (Fsp3) is 0.222. The molecule has 0 saturated carbocycles. The van der Waals surface area contributed by atoms with Gasteiger partial charge in [-0.05, 0) is 23.8 Å². The Hall–Kier alpha value is -2.80. The van der Waals surface area contributed by atoms with E-state index in [1.807, 2.05) is 0 Å². The molecule has 7 heteroatoms. The Morgan fingerprint density at radius 3 is 2.84 bits per heavy atom. The molecule has 130 valence electrons. The van der Waals surface area contributed by atoms with Gasteiger partial charge in [0.1, 0.15) is 11.6 Å². The maximum atomic E-state index is 13.7. The van der Waals surface area contributed by atoms with Gasteiger partial charge in [-0.1, -0.05) is 12.1 Å². The molecule has 2 aromatic rings. The first-order valence-electron chi connectivity index (χ1n) is 7.67. The number of fused-ring (bicyclic) bond motifs is 1. The van der Waals surface area contributed by atoms with E-state index in [2.05, 4.69) is 5.32 Å². The van der Waals surface area contributed by atoms with Crippen molar-refractivity contribution >= 4 is 17.5 Å². The number of rotatable bonds is 5. The summed E-state index contributed by atoms with van der Waals surface area (Å²) in [5, 5.41) is 2.33. The van der Waals surface area contributed by atoms with Gasteiger partial charge in [0, 0.05) is 26.3 Å². The van der Waals surface area contributed by atoms with E-state index in [0.29, 0.717) is 25.3 Å². The molecule has 0 radical (unpaired) electrons. The first kappa shape index (κ1) is 17.0. The average molecular weight is 346 g/mol. The fourth-order valence-corrected chi connectivity index (χ4v) is 2.77. The number of carbonyl (C=O) groups excluding carboxylic acids is 2. The van der Waals surface area contributed by atoms with E-state index in [9.17, 15) is 18.4 Å². The summed E-state index contributed by atoms with van der Waals surface area (Å²) in [7, 11) is 1.54. The zero-order valence-corrected chi connectivity index (χ0v) is 13.5. The maximum Gasteiger partial charge on any atom is 0.256 e. The molecule has 0 atom stereocenters. The van der Waals surface area contributed by atoms with Crippen LogP contribution in [0.2, 0.25) is 0 Å². The molecule has 1 heterocycles. The molecule has 1 aliphatic heterocycles. The fourth-order valence-electron chi connectivity index (χ4n) is 2.77. The van der Waals surface area contributed by atoms with Gasteiger partial charge in [-0.15, -0.1) is 0 Å². The van der Waals surface area contributed by atoms with Crippen LogP contribution in [-0.2, 0) is 11.3 Å². The van der Waals surface area contributed by atoms with Crippen molar-refractivity contribution < 1.29 is 23.1 Å². The van der Waals surface area contributed by atoms with Crippen LogP contribution in [-0.4, -0.2) is 37.0 Å². The van der Waals surface area contributed by atoms with Crippen LogP contribution in [0.3, 0.4) is 0 Å². The highest BCUT2D eigenvalue weighted by molar-refractivity contribution is 6.13. The van der Waals surface area contributed by atoms with Gasteiger partial charge >= 0.3 is 0 Å². The number of nitrogens with one attached hydrogen (secondary N) is 1. The van der Waals surface area contributed by atoms with E-state index in [1.165, 1.54) is 6.07 Å². The third-order valence-electron chi connectivity index (χ3n) is 4.00. The van der Waals surface area contributed by atoms with Gasteiger partial charge in [-0.25, -0.2) is 8.78 Å². The predicted octanol–water partition coefficient (Wildman–Crippen LogP) is 2.82. The molecule has 0 fully saturated rings. The number of carbonyl (C=O) groups is 2. The van der Waals surface area contributed by atoms with Crippen molar-refractivity contribution in [3.05, 3.63) is 64.7 Å². The predicted molar refractivity (Wildman–Crippen MR) is 87.4 cm³/mol. The van der Waals surface area contributed by atoms with Gasteiger partial charge in [0.2, 0.25) is 0 Å². The summed E-state index contributed by atoms with van der Waals surface area (Å²) in [5.74, 6) is -2.37. The first-order chi connectivity index (χ1) is 12.0. The second-order valence-corrected chi connectivity index (χ2v) is 5.64. The highest BCUT2D eigenvalue weighted by atomic mass is 19.1. The molecule has 1 N–H and O–H groups in total. The molecule has 25 heavy (non-hydrogen) atoms. The number of benzene rings is 2.